The third-order valence-electron chi connectivity index (χ3n) is 7.36. The van der Waals surface area contributed by atoms with Gasteiger partial charge in [0.05, 0.1) is 26.2 Å². The highest BCUT2D eigenvalue weighted by Crippen LogP contribution is 2.10. The third-order valence-corrected chi connectivity index (χ3v) is 7.36. The molecule has 0 aliphatic heterocycles. The van der Waals surface area contributed by atoms with Gasteiger partial charge in [0.2, 0.25) is 12.7 Å². The van der Waals surface area contributed by atoms with Crippen LogP contribution in [-0.2, 0) is 26.2 Å². The number of imidazole rings is 2. The fourth-order valence-electron chi connectivity index (χ4n) is 5.03. The molecule has 0 atom stereocenters. The summed E-state index contributed by atoms with van der Waals surface area (Å²) >= 11 is 0. The van der Waals surface area contributed by atoms with E-state index in [0.29, 0.717) is 0 Å². The first kappa shape index (κ1) is 29.6. The molecule has 2 rings (SSSR count). The molecule has 2 aromatic heterocycles. The van der Waals surface area contributed by atoms with Crippen molar-refractivity contribution < 1.29 is 9.13 Å². The SMILES string of the molecule is CCCCCCCCCCn1cc[n+](CCCCC[n+]2ccn(CCCCCCCCCC)c2)c1. The van der Waals surface area contributed by atoms with Gasteiger partial charge in [-0.05, 0) is 44.9 Å². The van der Waals surface area contributed by atoms with Crippen LogP contribution in [0.15, 0.2) is 37.4 Å². The molecule has 0 unspecified atom stereocenters. The van der Waals surface area contributed by atoms with Gasteiger partial charge in [-0.2, -0.15) is 0 Å². The second-order valence-corrected chi connectivity index (χ2v) is 10.8. The van der Waals surface area contributed by atoms with Gasteiger partial charge in [0.1, 0.15) is 24.8 Å². The zero-order valence-corrected chi connectivity index (χ0v) is 23.5. The molecular weight excluding hydrogens is 428 g/mol. The van der Waals surface area contributed by atoms with E-state index in [9.17, 15) is 0 Å². The van der Waals surface area contributed by atoms with Crippen LogP contribution in [0.4, 0.5) is 0 Å². The molecule has 0 spiro atoms. The highest BCUT2D eigenvalue weighted by Gasteiger charge is 2.06. The fraction of sp³-hybridized carbons (Fsp3) is 0.806. The maximum atomic E-state index is 2.38. The Morgan fingerprint density at radius 1 is 0.429 bits per heavy atom. The molecule has 0 saturated heterocycles. The van der Waals surface area contributed by atoms with Gasteiger partial charge in [0.15, 0.2) is 0 Å². The Kier molecular flexibility index (Phi) is 17.4. The summed E-state index contributed by atoms with van der Waals surface area (Å²) in [5, 5.41) is 0. The zero-order chi connectivity index (χ0) is 24.8. The van der Waals surface area contributed by atoms with E-state index < -0.39 is 0 Å². The maximum Gasteiger partial charge on any atom is 0.243 e. The van der Waals surface area contributed by atoms with Crippen LogP contribution < -0.4 is 9.13 Å². The summed E-state index contributed by atoms with van der Waals surface area (Å²) in [5.74, 6) is 0. The predicted molar refractivity (Wildman–Crippen MR) is 148 cm³/mol. The molecule has 4 nitrogen and oxygen atoms in total. The second-order valence-electron chi connectivity index (χ2n) is 10.8. The van der Waals surface area contributed by atoms with Gasteiger partial charge in [-0.25, -0.2) is 18.3 Å². The molecule has 0 saturated carbocycles. The quantitative estimate of drug-likeness (QED) is 0.106. The Morgan fingerprint density at radius 3 is 1.17 bits per heavy atom. The smallest absolute Gasteiger partial charge is 0.237 e. The van der Waals surface area contributed by atoms with E-state index in [0.717, 1.165) is 13.1 Å². The second kappa shape index (κ2) is 20.6. The normalized spacial score (nSPS) is 11.5. The van der Waals surface area contributed by atoms with E-state index in [1.165, 1.54) is 135 Å². The summed E-state index contributed by atoms with van der Waals surface area (Å²) in [6.45, 7) is 9.23. The molecule has 0 aliphatic rings. The van der Waals surface area contributed by atoms with Gasteiger partial charge in [0.25, 0.3) is 0 Å². The summed E-state index contributed by atoms with van der Waals surface area (Å²) in [6.07, 6.45) is 39.8. The highest BCUT2D eigenvalue weighted by atomic mass is 15.1. The molecule has 4 heteroatoms. The van der Waals surface area contributed by atoms with Crippen LogP contribution in [0.3, 0.4) is 0 Å². The van der Waals surface area contributed by atoms with Crippen LogP contribution in [-0.4, -0.2) is 9.13 Å². The van der Waals surface area contributed by atoms with Crippen LogP contribution >= 0.6 is 0 Å². The van der Waals surface area contributed by atoms with Gasteiger partial charge in [-0.1, -0.05) is 90.9 Å². The maximum absolute atomic E-state index is 2.38. The molecule has 200 valence electrons. The van der Waals surface area contributed by atoms with Crippen molar-refractivity contribution in [1.82, 2.24) is 9.13 Å². The lowest BCUT2D eigenvalue weighted by Gasteiger charge is -2.01. The van der Waals surface area contributed by atoms with Gasteiger partial charge >= 0.3 is 0 Å². The van der Waals surface area contributed by atoms with Crippen molar-refractivity contribution in [2.75, 3.05) is 0 Å². The lowest BCUT2D eigenvalue weighted by Crippen LogP contribution is -2.32. The summed E-state index contributed by atoms with van der Waals surface area (Å²) in [7, 11) is 0. The minimum atomic E-state index is 1.15. The molecule has 35 heavy (non-hydrogen) atoms. The molecule has 0 fully saturated rings. The Balaban J connectivity index is 1.44. The minimum absolute atomic E-state index is 1.15. The van der Waals surface area contributed by atoms with E-state index in [-0.39, 0.29) is 0 Å². The molecule has 0 radical (unpaired) electrons. The van der Waals surface area contributed by atoms with Gasteiger partial charge < -0.3 is 0 Å². The van der Waals surface area contributed by atoms with Crippen LogP contribution in [0.25, 0.3) is 0 Å². The van der Waals surface area contributed by atoms with E-state index in [1.807, 2.05) is 0 Å². The monoisotopic (exact) mass is 486 g/mol. The minimum Gasteiger partial charge on any atom is -0.237 e. The predicted octanol–water partition coefficient (Wildman–Crippen LogP) is 8.02. The van der Waals surface area contributed by atoms with Crippen molar-refractivity contribution >= 4 is 0 Å². The first-order chi connectivity index (χ1) is 17.3. The fourth-order valence-corrected chi connectivity index (χ4v) is 5.03. The van der Waals surface area contributed by atoms with Gasteiger partial charge in [-0.3, -0.25) is 0 Å². The van der Waals surface area contributed by atoms with Gasteiger partial charge in [0, 0.05) is 0 Å². The largest absolute Gasteiger partial charge is 0.243 e. The van der Waals surface area contributed by atoms with E-state index in [4.69, 9.17) is 0 Å². The van der Waals surface area contributed by atoms with Crippen LogP contribution in [0.5, 0.6) is 0 Å². The number of hydrogen-bond donors (Lipinski definition) is 0. The van der Waals surface area contributed by atoms with Crippen LogP contribution in [0, 0.1) is 0 Å². The number of hydrogen-bond acceptors (Lipinski definition) is 0. The first-order valence-electron chi connectivity index (χ1n) is 15.4. The zero-order valence-electron chi connectivity index (χ0n) is 23.5. The summed E-state index contributed by atoms with van der Waals surface area (Å²) in [6, 6.07) is 0. The van der Waals surface area contributed by atoms with Crippen molar-refractivity contribution in [3.05, 3.63) is 37.4 Å². The standard InChI is InChI=1S/C31H58N4/c1-3-5-7-9-11-13-15-18-22-32-26-28-34(30-32)24-20-17-21-25-35-29-27-33(31-35)23-19-16-14-12-10-8-6-4-2/h26-31H,3-25H2,1-2H3/q+2. The number of unbranched alkanes of at least 4 members (excludes halogenated alkanes) is 16. The van der Waals surface area contributed by atoms with Crippen LogP contribution in [0.1, 0.15) is 136 Å². The van der Waals surface area contributed by atoms with E-state index >= 15 is 0 Å². The number of aryl methyl sites for hydroxylation is 4. The number of nitrogens with zero attached hydrogens (tertiary/aromatic N) is 4. The molecule has 2 heterocycles. The molecule has 0 amide bonds. The summed E-state index contributed by atoms with van der Waals surface area (Å²) in [5.41, 5.74) is 0. The Bertz CT molecular complexity index is 657. The van der Waals surface area contributed by atoms with Crippen molar-refractivity contribution in [2.45, 2.75) is 162 Å². The lowest BCUT2D eigenvalue weighted by molar-refractivity contribution is -0.700. The Hall–Kier alpha value is -1.58. The molecule has 0 N–H and O–H groups in total. The topological polar surface area (TPSA) is 17.6 Å². The molecule has 2 aromatic rings. The molecule has 0 bridgehead atoms. The van der Waals surface area contributed by atoms with Crippen LogP contribution in [0.2, 0.25) is 0 Å². The average molecular weight is 487 g/mol. The highest BCUT2D eigenvalue weighted by molar-refractivity contribution is 4.67. The van der Waals surface area contributed by atoms with Crippen molar-refractivity contribution in [1.29, 1.82) is 0 Å². The average Bonchev–Trinajstić information content (AvgIpc) is 3.52. The molecule has 0 aliphatic carbocycles. The molecular formula is C31H58N4+2. The Labute approximate surface area is 217 Å². The van der Waals surface area contributed by atoms with Gasteiger partial charge in [-0.15, -0.1) is 0 Å². The molecule has 0 aromatic carbocycles. The Morgan fingerprint density at radius 2 is 0.771 bits per heavy atom. The number of rotatable bonds is 24. The lowest BCUT2D eigenvalue weighted by atomic mass is 10.1. The van der Waals surface area contributed by atoms with Crippen molar-refractivity contribution in [3.63, 3.8) is 0 Å². The van der Waals surface area contributed by atoms with Crippen molar-refractivity contribution in [2.24, 2.45) is 0 Å². The number of aromatic nitrogens is 4. The van der Waals surface area contributed by atoms with Crippen molar-refractivity contribution in [3.8, 4) is 0 Å². The first-order valence-corrected chi connectivity index (χ1v) is 15.4. The van der Waals surface area contributed by atoms with E-state index in [1.54, 1.807) is 0 Å². The summed E-state index contributed by atoms with van der Waals surface area (Å²) < 4.78 is 9.50. The third kappa shape index (κ3) is 15.2. The summed E-state index contributed by atoms with van der Waals surface area (Å²) in [4.78, 5) is 0. The van der Waals surface area contributed by atoms with E-state index in [2.05, 4.69) is 69.6 Å².